The molecule has 0 spiro atoms. The zero-order chi connectivity index (χ0) is 20.5. The Bertz CT molecular complexity index is 1200. The van der Waals surface area contributed by atoms with Gasteiger partial charge in [0.2, 0.25) is 5.91 Å². The van der Waals surface area contributed by atoms with Crippen LogP contribution in [0.25, 0.3) is 21.9 Å². The van der Waals surface area contributed by atoms with Gasteiger partial charge < -0.3 is 14.5 Å². The average Bonchev–Trinajstić information content (AvgIpc) is 3.37. The Morgan fingerprint density at radius 2 is 1.87 bits per heavy atom. The van der Waals surface area contributed by atoms with Gasteiger partial charge >= 0.3 is 0 Å². The number of fused-ring (bicyclic) bond motifs is 3. The minimum atomic E-state index is -0.0495. The number of nitrogens with one attached hydrogen (secondary N) is 1. The third-order valence-corrected chi connectivity index (χ3v) is 5.87. The number of rotatable bonds is 5. The van der Waals surface area contributed by atoms with Crippen LogP contribution in [0.3, 0.4) is 0 Å². The first-order chi connectivity index (χ1) is 14.7. The number of para-hydroxylation sites is 1. The van der Waals surface area contributed by atoms with Gasteiger partial charge in [-0.25, -0.2) is 0 Å². The molecule has 4 aromatic rings. The Kier molecular flexibility index (Phi) is 4.89. The molecule has 5 nitrogen and oxygen atoms in total. The van der Waals surface area contributed by atoms with Gasteiger partial charge in [0, 0.05) is 22.9 Å². The van der Waals surface area contributed by atoms with Gasteiger partial charge in [0.05, 0.1) is 19.3 Å². The van der Waals surface area contributed by atoms with E-state index in [0.717, 1.165) is 41.3 Å². The maximum absolute atomic E-state index is 12.9. The maximum Gasteiger partial charge on any atom is 0.238 e. The topological polar surface area (TPSA) is 54.7 Å². The molecule has 0 saturated carbocycles. The lowest BCUT2D eigenvalue weighted by atomic mass is 10.0. The van der Waals surface area contributed by atoms with Crippen LogP contribution < -0.4 is 10.1 Å². The Hall–Kier alpha value is -3.31. The first-order valence-corrected chi connectivity index (χ1v) is 10.3. The SMILES string of the molecule is COc1cc2c(cc1NC(=O)CN1CCCC1c1ccccc1)oc1ccccc12. The highest BCUT2D eigenvalue weighted by molar-refractivity contribution is 6.07. The normalized spacial score (nSPS) is 16.9. The van der Waals surface area contributed by atoms with Gasteiger partial charge in [-0.15, -0.1) is 0 Å². The molecule has 1 N–H and O–H groups in total. The highest BCUT2D eigenvalue weighted by atomic mass is 16.5. The second kappa shape index (κ2) is 7.84. The lowest BCUT2D eigenvalue weighted by molar-refractivity contribution is -0.117. The molecule has 1 unspecified atom stereocenters. The van der Waals surface area contributed by atoms with Crippen molar-refractivity contribution in [1.29, 1.82) is 0 Å². The van der Waals surface area contributed by atoms with Crippen LogP contribution in [0, 0.1) is 0 Å². The summed E-state index contributed by atoms with van der Waals surface area (Å²) in [6.45, 7) is 1.27. The van der Waals surface area contributed by atoms with Crippen LogP contribution in [0.4, 0.5) is 5.69 Å². The number of carbonyl (C=O) groups excluding carboxylic acids is 1. The molecule has 0 aliphatic carbocycles. The summed E-state index contributed by atoms with van der Waals surface area (Å²) in [5.74, 6) is 0.579. The molecule has 5 heteroatoms. The van der Waals surface area contributed by atoms with Crippen LogP contribution in [-0.4, -0.2) is 31.0 Å². The van der Waals surface area contributed by atoms with Crippen LogP contribution in [-0.2, 0) is 4.79 Å². The van der Waals surface area contributed by atoms with Crippen LogP contribution in [0.15, 0.2) is 71.1 Å². The van der Waals surface area contributed by atoms with Crippen LogP contribution in [0.1, 0.15) is 24.4 Å². The van der Waals surface area contributed by atoms with Gasteiger partial charge in [-0.3, -0.25) is 9.69 Å². The van der Waals surface area contributed by atoms with E-state index in [1.807, 2.05) is 42.5 Å². The number of hydrogen-bond acceptors (Lipinski definition) is 4. The van der Waals surface area contributed by atoms with Gasteiger partial charge in [0.25, 0.3) is 0 Å². The summed E-state index contributed by atoms with van der Waals surface area (Å²) >= 11 is 0. The number of likely N-dealkylation sites (tertiary alicyclic amines) is 1. The Balaban J connectivity index is 1.38. The summed E-state index contributed by atoms with van der Waals surface area (Å²) < 4.78 is 11.5. The molecule has 2 heterocycles. The molecular formula is C25H24N2O3. The highest BCUT2D eigenvalue weighted by Crippen LogP contribution is 2.36. The number of benzene rings is 3. The minimum Gasteiger partial charge on any atom is -0.495 e. The lowest BCUT2D eigenvalue weighted by Crippen LogP contribution is -2.33. The van der Waals surface area contributed by atoms with Crippen molar-refractivity contribution in [3.63, 3.8) is 0 Å². The molecule has 1 fully saturated rings. The van der Waals surface area contributed by atoms with Gasteiger partial charge in [0.1, 0.15) is 16.9 Å². The van der Waals surface area contributed by atoms with Crippen molar-refractivity contribution in [2.45, 2.75) is 18.9 Å². The third kappa shape index (κ3) is 3.42. The molecule has 3 aromatic carbocycles. The molecule has 5 rings (SSSR count). The lowest BCUT2D eigenvalue weighted by Gasteiger charge is -2.24. The van der Waals surface area contributed by atoms with E-state index >= 15 is 0 Å². The summed E-state index contributed by atoms with van der Waals surface area (Å²) in [4.78, 5) is 15.1. The number of methoxy groups -OCH3 is 1. The van der Waals surface area contributed by atoms with Crippen molar-refractivity contribution < 1.29 is 13.9 Å². The fourth-order valence-electron chi connectivity index (χ4n) is 4.46. The molecule has 0 radical (unpaired) electrons. The first kappa shape index (κ1) is 18.7. The highest BCUT2D eigenvalue weighted by Gasteiger charge is 2.27. The van der Waals surface area contributed by atoms with Crippen LogP contribution in [0.5, 0.6) is 5.75 Å². The Morgan fingerprint density at radius 1 is 1.07 bits per heavy atom. The predicted molar refractivity (Wildman–Crippen MR) is 119 cm³/mol. The number of anilines is 1. The largest absolute Gasteiger partial charge is 0.495 e. The van der Waals surface area contributed by atoms with E-state index in [9.17, 15) is 4.79 Å². The van der Waals surface area contributed by atoms with E-state index in [-0.39, 0.29) is 11.9 Å². The van der Waals surface area contributed by atoms with E-state index in [2.05, 4.69) is 34.5 Å². The quantitative estimate of drug-likeness (QED) is 0.489. The molecule has 1 aromatic heterocycles. The van der Waals surface area contributed by atoms with E-state index in [1.54, 1.807) is 7.11 Å². The van der Waals surface area contributed by atoms with E-state index in [0.29, 0.717) is 18.0 Å². The minimum absolute atomic E-state index is 0.0495. The second-order valence-corrected chi connectivity index (χ2v) is 7.73. The molecule has 152 valence electrons. The van der Waals surface area contributed by atoms with E-state index in [1.165, 1.54) is 5.56 Å². The van der Waals surface area contributed by atoms with Gasteiger partial charge in [-0.1, -0.05) is 48.5 Å². The molecule has 1 atom stereocenters. The van der Waals surface area contributed by atoms with E-state index in [4.69, 9.17) is 9.15 Å². The number of nitrogens with zero attached hydrogens (tertiary/aromatic N) is 1. The maximum atomic E-state index is 12.9. The van der Waals surface area contributed by atoms with Gasteiger partial charge in [0.15, 0.2) is 0 Å². The van der Waals surface area contributed by atoms with Crippen molar-refractivity contribution in [3.8, 4) is 5.75 Å². The number of amides is 1. The molecule has 1 aliphatic rings. The van der Waals surface area contributed by atoms with Crippen molar-refractivity contribution >= 4 is 33.5 Å². The zero-order valence-electron chi connectivity index (χ0n) is 16.9. The zero-order valence-corrected chi connectivity index (χ0v) is 16.9. The molecule has 1 amide bonds. The summed E-state index contributed by atoms with van der Waals surface area (Å²) in [5.41, 5.74) is 3.45. The Labute approximate surface area is 175 Å². The predicted octanol–water partition coefficient (Wildman–Crippen LogP) is 5.37. The molecule has 30 heavy (non-hydrogen) atoms. The molecule has 1 saturated heterocycles. The summed E-state index contributed by atoms with van der Waals surface area (Å²) in [6, 6.07) is 22.4. The Morgan fingerprint density at radius 3 is 2.70 bits per heavy atom. The van der Waals surface area contributed by atoms with Crippen molar-refractivity contribution in [1.82, 2.24) is 4.90 Å². The van der Waals surface area contributed by atoms with Crippen LogP contribution >= 0.6 is 0 Å². The second-order valence-electron chi connectivity index (χ2n) is 7.73. The van der Waals surface area contributed by atoms with Gasteiger partial charge in [-0.05, 0) is 37.1 Å². The first-order valence-electron chi connectivity index (χ1n) is 10.3. The number of hydrogen-bond donors (Lipinski definition) is 1. The van der Waals surface area contributed by atoms with Crippen molar-refractivity contribution in [2.75, 3.05) is 25.5 Å². The monoisotopic (exact) mass is 400 g/mol. The summed E-state index contributed by atoms with van der Waals surface area (Å²) in [6.07, 6.45) is 2.17. The van der Waals surface area contributed by atoms with Crippen molar-refractivity contribution in [2.24, 2.45) is 0 Å². The molecular weight excluding hydrogens is 376 g/mol. The van der Waals surface area contributed by atoms with Gasteiger partial charge in [-0.2, -0.15) is 0 Å². The molecule has 1 aliphatic heterocycles. The number of ether oxygens (including phenoxy) is 1. The number of furan rings is 1. The standard InChI is InChI=1S/C25H24N2O3/c1-29-24-14-19-18-10-5-6-12-22(18)30-23(19)15-20(24)26-25(28)16-27-13-7-11-21(27)17-8-3-2-4-9-17/h2-6,8-10,12,14-15,21H,7,11,13,16H2,1H3,(H,26,28). The molecule has 0 bridgehead atoms. The van der Waals surface area contributed by atoms with Crippen LogP contribution in [0.2, 0.25) is 0 Å². The fraction of sp³-hybridized carbons (Fsp3) is 0.240. The van der Waals surface area contributed by atoms with Crippen molar-refractivity contribution in [3.05, 3.63) is 72.3 Å². The smallest absolute Gasteiger partial charge is 0.238 e. The fourth-order valence-corrected chi connectivity index (χ4v) is 4.46. The third-order valence-electron chi connectivity index (χ3n) is 5.87. The average molecular weight is 400 g/mol. The van der Waals surface area contributed by atoms with E-state index < -0.39 is 0 Å². The summed E-state index contributed by atoms with van der Waals surface area (Å²) in [5, 5.41) is 5.04. The summed E-state index contributed by atoms with van der Waals surface area (Å²) in [7, 11) is 1.62. The number of carbonyl (C=O) groups is 1.